The Morgan fingerprint density at radius 3 is 2.51 bits per heavy atom. The van der Waals surface area contributed by atoms with E-state index in [9.17, 15) is 24.3 Å². The number of aliphatic carboxylic acids is 1. The van der Waals surface area contributed by atoms with Gasteiger partial charge in [-0.15, -0.1) is 0 Å². The number of hydrogen-bond acceptors (Lipinski definition) is 9. The smallest absolute Gasteiger partial charge is 0.328 e. The van der Waals surface area contributed by atoms with E-state index in [2.05, 4.69) is 25.6 Å². The first-order valence-electron chi connectivity index (χ1n) is 12.1. The van der Waals surface area contributed by atoms with Crippen LogP contribution in [0.4, 0.5) is 5.69 Å². The number of carboxylic acid groups (broad SMARTS) is 1. The van der Waals surface area contributed by atoms with Crippen LogP contribution in [0.3, 0.4) is 0 Å². The zero-order chi connectivity index (χ0) is 30.1. The number of carbonyl (C=O) groups excluding carboxylic acids is 2. The van der Waals surface area contributed by atoms with Crippen LogP contribution in [-0.2, 0) is 14.4 Å². The van der Waals surface area contributed by atoms with Gasteiger partial charge >= 0.3 is 5.69 Å². The average molecular weight is 604 g/mol. The van der Waals surface area contributed by atoms with Crippen molar-refractivity contribution in [2.75, 3.05) is 11.9 Å². The summed E-state index contributed by atoms with van der Waals surface area (Å²) in [6.07, 6.45) is -0.146. The van der Waals surface area contributed by atoms with E-state index < -0.39 is 46.2 Å². The minimum Gasteiger partial charge on any atom is -0.494 e. The predicted molar refractivity (Wildman–Crippen MR) is 154 cm³/mol. The highest BCUT2D eigenvalue weighted by Gasteiger charge is 2.34. The molecule has 216 valence electrons. The van der Waals surface area contributed by atoms with Gasteiger partial charge in [-0.3, -0.25) is 29.1 Å². The first-order chi connectivity index (χ1) is 19.5. The SMILES string of the molecule is CC(=O)O.CCOc1ccccc1C(N=C1NC(=O)C(CC(=O)Nc2cccc(Cl)c2)S1)c1c(O)[nH]c(=O)[nH]c1=O. The Hall–Kier alpha value is -4.56. The molecule has 1 aromatic heterocycles. The molecule has 15 heteroatoms. The number of aromatic amines is 2. The van der Waals surface area contributed by atoms with E-state index in [1.807, 2.05) is 0 Å². The minimum atomic E-state index is -1.15. The van der Waals surface area contributed by atoms with Crippen molar-refractivity contribution in [2.24, 2.45) is 4.99 Å². The molecule has 2 amide bonds. The summed E-state index contributed by atoms with van der Waals surface area (Å²) in [5, 5.41) is 23.0. The van der Waals surface area contributed by atoms with Gasteiger partial charge in [-0.1, -0.05) is 47.6 Å². The number of aromatic nitrogens is 2. The van der Waals surface area contributed by atoms with E-state index >= 15 is 0 Å². The number of halogens is 1. The van der Waals surface area contributed by atoms with Crippen LogP contribution in [0.25, 0.3) is 0 Å². The molecule has 1 aliphatic rings. The van der Waals surface area contributed by atoms with E-state index in [4.69, 9.17) is 26.2 Å². The van der Waals surface area contributed by atoms with Crippen LogP contribution in [0.15, 0.2) is 63.1 Å². The standard InChI is InChI=1S/C24H22ClN5O6S.C2H4O2/c1-2-36-15-9-4-3-8-14(15)19(18-21(33)28-23(35)29-22(18)34)27-24-30-20(32)16(37-24)11-17(31)26-13-7-5-6-12(25)10-13;1-2(3)4/h3-10,16,19H,2,11H2,1H3,(H,26,31)(H,27,30,32)(H3,28,29,33,34,35);1H3,(H,3,4). The molecule has 41 heavy (non-hydrogen) atoms. The van der Waals surface area contributed by atoms with Crippen molar-refractivity contribution in [1.29, 1.82) is 0 Å². The van der Waals surface area contributed by atoms with Crippen molar-refractivity contribution in [3.05, 3.63) is 85.5 Å². The molecular formula is C26H26ClN5O8S. The highest BCUT2D eigenvalue weighted by Crippen LogP contribution is 2.36. The van der Waals surface area contributed by atoms with Crippen LogP contribution in [0, 0.1) is 0 Å². The summed E-state index contributed by atoms with van der Waals surface area (Å²) < 4.78 is 5.68. The Morgan fingerprint density at radius 1 is 1.15 bits per heavy atom. The van der Waals surface area contributed by atoms with E-state index in [1.165, 1.54) is 0 Å². The number of rotatable bonds is 8. The molecule has 0 saturated carbocycles. The third-order valence-corrected chi connectivity index (χ3v) is 6.58. The van der Waals surface area contributed by atoms with E-state index in [-0.39, 0.29) is 17.2 Å². The molecule has 1 saturated heterocycles. The molecule has 3 aromatic rings. The first-order valence-corrected chi connectivity index (χ1v) is 13.3. The molecule has 4 rings (SSSR count). The van der Waals surface area contributed by atoms with Gasteiger partial charge < -0.3 is 25.6 Å². The Balaban J connectivity index is 0.00000108. The number of amides is 2. The number of carbonyl (C=O) groups is 3. The highest BCUT2D eigenvalue weighted by molar-refractivity contribution is 8.15. The fraction of sp³-hybridized carbons (Fsp3) is 0.231. The lowest BCUT2D eigenvalue weighted by Gasteiger charge is -2.18. The van der Waals surface area contributed by atoms with Crippen molar-refractivity contribution in [3.8, 4) is 11.6 Å². The molecule has 0 radical (unpaired) electrons. The van der Waals surface area contributed by atoms with Crippen molar-refractivity contribution < 1.29 is 29.3 Å². The van der Waals surface area contributed by atoms with Gasteiger partial charge in [0.2, 0.25) is 17.7 Å². The fourth-order valence-electron chi connectivity index (χ4n) is 3.69. The first kappa shape index (κ1) is 31.0. The molecule has 0 bridgehead atoms. The fourth-order valence-corrected chi connectivity index (χ4v) is 4.87. The molecule has 1 aliphatic heterocycles. The van der Waals surface area contributed by atoms with Crippen LogP contribution in [0.5, 0.6) is 11.6 Å². The quantitative estimate of drug-likeness (QED) is 0.224. The monoisotopic (exact) mass is 603 g/mol. The number of amidine groups is 1. The molecule has 0 spiro atoms. The van der Waals surface area contributed by atoms with Crippen LogP contribution in [-0.4, -0.2) is 55.0 Å². The van der Waals surface area contributed by atoms with Gasteiger partial charge in [0.1, 0.15) is 22.6 Å². The van der Waals surface area contributed by atoms with Crippen LogP contribution < -0.4 is 26.6 Å². The molecule has 2 aromatic carbocycles. The number of H-pyrrole nitrogens is 2. The maximum atomic E-state index is 12.7. The van der Waals surface area contributed by atoms with Gasteiger partial charge in [-0.2, -0.15) is 0 Å². The Kier molecular flexibility index (Phi) is 10.7. The molecule has 1 fully saturated rings. The molecule has 2 unspecified atom stereocenters. The van der Waals surface area contributed by atoms with Crippen LogP contribution in [0.1, 0.15) is 37.4 Å². The number of aromatic hydroxyl groups is 1. The molecule has 2 atom stereocenters. The van der Waals surface area contributed by atoms with Crippen LogP contribution in [0.2, 0.25) is 5.02 Å². The number of carboxylic acids is 1. The second kappa shape index (κ2) is 14.2. The van der Waals surface area contributed by atoms with E-state index in [1.54, 1.807) is 55.5 Å². The lowest BCUT2D eigenvalue weighted by atomic mass is 10.00. The van der Waals surface area contributed by atoms with Crippen molar-refractivity contribution >= 4 is 52.0 Å². The largest absolute Gasteiger partial charge is 0.494 e. The van der Waals surface area contributed by atoms with Gasteiger partial charge in [0.15, 0.2) is 5.17 Å². The molecule has 6 N–H and O–H groups in total. The lowest BCUT2D eigenvalue weighted by Crippen LogP contribution is -2.29. The van der Waals surface area contributed by atoms with Gasteiger partial charge in [0, 0.05) is 29.6 Å². The Morgan fingerprint density at radius 2 is 1.85 bits per heavy atom. The number of thioether (sulfide) groups is 1. The second-order valence-corrected chi connectivity index (χ2v) is 9.98. The topological polar surface area (TPSA) is 203 Å². The summed E-state index contributed by atoms with van der Waals surface area (Å²) in [5.41, 5.74) is -1.06. The number of benzene rings is 2. The summed E-state index contributed by atoms with van der Waals surface area (Å²) in [7, 11) is 0. The third-order valence-electron chi connectivity index (χ3n) is 5.25. The molecule has 13 nitrogen and oxygen atoms in total. The molecule has 0 aliphatic carbocycles. The second-order valence-electron chi connectivity index (χ2n) is 8.36. The zero-order valence-corrected chi connectivity index (χ0v) is 23.3. The third kappa shape index (κ3) is 8.71. The van der Waals surface area contributed by atoms with Gasteiger partial charge in [-0.25, -0.2) is 9.79 Å². The van der Waals surface area contributed by atoms with Gasteiger partial charge in [-0.05, 0) is 31.2 Å². The lowest BCUT2D eigenvalue weighted by molar-refractivity contribution is -0.134. The number of hydrogen-bond donors (Lipinski definition) is 6. The number of nitrogens with one attached hydrogen (secondary N) is 4. The van der Waals surface area contributed by atoms with E-state index in [0.29, 0.717) is 28.6 Å². The molecular weight excluding hydrogens is 578 g/mol. The highest BCUT2D eigenvalue weighted by atomic mass is 35.5. The van der Waals surface area contributed by atoms with E-state index in [0.717, 1.165) is 18.7 Å². The van der Waals surface area contributed by atoms with Crippen molar-refractivity contribution in [1.82, 2.24) is 15.3 Å². The predicted octanol–water partition coefficient (Wildman–Crippen LogP) is 2.62. The van der Waals surface area contributed by atoms with Crippen molar-refractivity contribution in [2.45, 2.75) is 31.6 Å². The maximum absolute atomic E-state index is 12.7. The van der Waals surface area contributed by atoms with Gasteiger partial charge in [0.25, 0.3) is 11.5 Å². The summed E-state index contributed by atoms with van der Waals surface area (Å²) in [5.74, 6) is -1.94. The number of nitrogens with zero attached hydrogens (tertiary/aromatic N) is 1. The normalized spacial score (nSPS) is 15.8. The Labute approximate surface area is 242 Å². The summed E-state index contributed by atoms with van der Waals surface area (Å²) in [4.78, 5) is 67.2. The van der Waals surface area contributed by atoms with Gasteiger partial charge in [0.05, 0.1) is 6.61 Å². The summed E-state index contributed by atoms with van der Waals surface area (Å²) >= 11 is 6.95. The maximum Gasteiger partial charge on any atom is 0.328 e. The number of aliphatic imine (C=N–C) groups is 1. The zero-order valence-electron chi connectivity index (χ0n) is 21.8. The Bertz CT molecular complexity index is 1580. The number of para-hydroxylation sites is 1. The molecule has 2 heterocycles. The summed E-state index contributed by atoms with van der Waals surface area (Å²) in [6, 6.07) is 12.2. The number of anilines is 1. The minimum absolute atomic E-state index is 0.131. The van der Waals surface area contributed by atoms with Crippen LogP contribution >= 0.6 is 23.4 Å². The summed E-state index contributed by atoms with van der Waals surface area (Å²) in [6.45, 7) is 3.19. The number of ether oxygens (including phenoxy) is 1. The average Bonchev–Trinajstić information content (AvgIpc) is 3.21. The van der Waals surface area contributed by atoms with Crippen molar-refractivity contribution in [3.63, 3.8) is 0 Å².